The fourth-order valence-electron chi connectivity index (χ4n) is 14.6. The fraction of sp³-hybridized carbons (Fsp3) is 0.519. The molecule has 0 unspecified atom stereocenters. The van der Waals surface area contributed by atoms with E-state index >= 15 is 0 Å². The van der Waals surface area contributed by atoms with Gasteiger partial charge in [-0.1, -0.05) is 138 Å². The topological polar surface area (TPSA) is 217 Å². The van der Waals surface area contributed by atoms with Crippen molar-refractivity contribution in [3.05, 3.63) is 160 Å². The van der Waals surface area contributed by atoms with E-state index in [1.807, 2.05) is 112 Å². The van der Waals surface area contributed by atoms with Crippen molar-refractivity contribution in [2.24, 2.45) is 10.8 Å². The second kappa shape index (κ2) is 36.2. The van der Waals surface area contributed by atoms with Gasteiger partial charge in [0.25, 0.3) is 25.8 Å². The highest BCUT2D eigenvalue weighted by molar-refractivity contribution is 7.99. The van der Waals surface area contributed by atoms with Gasteiger partial charge >= 0.3 is 5.51 Å². The molecule has 3 amide bonds. The van der Waals surface area contributed by atoms with E-state index < -0.39 is 76.4 Å². The molecule has 3 aliphatic heterocycles. The maximum Gasteiger partial charge on any atom is 0.501 e. The Balaban J connectivity index is 0.656. The minimum atomic E-state index is -6.12. The minimum absolute atomic E-state index is 0.0122. The number of anilines is 2. The van der Waals surface area contributed by atoms with Crippen LogP contribution < -0.4 is 25.6 Å². The van der Waals surface area contributed by atoms with Crippen LogP contribution in [-0.2, 0) is 29.4 Å². The number of thiazole rings is 1. The third-order valence-electron chi connectivity index (χ3n) is 20.8. The number of carbonyl (C=O) groups excluding carboxylic acids is 3. The summed E-state index contributed by atoms with van der Waals surface area (Å²) >= 11 is 9.28. The molecule has 0 saturated carbocycles. The number of amides is 3. The zero-order valence-electron chi connectivity index (χ0n) is 61.5. The number of sulfone groups is 1. The molecular weight excluding hydrogens is 1440 g/mol. The van der Waals surface area contributed by atoms with Crippen LogP contribution in [0, 0.1) is 17.8 Å². The maximum atomic E-state index is 14.6. The molecule has 4 heterocycles. The molecular formula is C79H104ClF3N10O8S4. The summed E-state index contributed by atoms with van der Waals surface area (Å²) < 4.78 is 100. The summed E-state index contributed by atoms with van der Waals surface area (Å²) in [6.07, 6.45) is 10.2. The van der Waals surface area contributed by atoms with Crippen molar-refractivity contribution in [2.45, 2.75) is 176 Å². The molecule has 5 N–H and O–H groups in total. The number of hydrogen-bond donors (Lipinski definition) is 5. The molecule has 5 atom stereocenters. The predicted molar refractivity (Wildman–Crippen MR) is 416 cm³/mol. The molecule has 3 saturated heterocycles. The average molecular weight is 1540 g/mol. The van der Waals surface area contributed by atoms with Crippen molar-refractivity contribution >= 4 is 89.2 Å². The van der Waals surface area contributed by atoms with E-state index in [1.54, 1.807) is 28.4 Å². The molecule has 1 aromatic heterocycles. The summed E-state index contributed by atoms with van der Waals surface area (Å²) in [4.78, 5) is 56.9. The van der Waals surface area contributed by atoms with Gasteiger partial charge in [-0.05, 0) is 165 Å². The highest BCUT2D eigenvalue weighted by Gasteiger charge is 2.49. The number of hydrogen-bond acceptors (Lipinski definition) is 17. The Labute approximate surface area is 632 Å². The zero-order chi connectivity index (χ0) is 75.3. The number of aromatic nitrogens is 1. The smallest absolute Gasteiger partial charge is 0.391 e. The zero-order valence-corrected chi connectivity index (χ0v) is 65.6. The molecule has 10 rings (SSSR count). The van der Waals surface area contributed by atoms with Crippen molar-refractivity contribution in [3.63, 3.8) is 0 Å². The first-order valence-corrected chi connectivity index (χ1v) is 42.1. The Morgan fingerprint density at radius 1 is 0.771 bits per heavy atom. The number of halogens is 4. The van der Waals surface area contributed by atoms with Gasteiger partial charge in [0, 0.05) is 111 Å². The number of rotatable bonds is 32. The normalized spacial score (nSPS) is 19.0. The molecule has 26 heteroatoms. The number of unbranched alkanes of at least 4 members (excludes halogenated alkanes) is 6. The third kappa shape index (κ3) is 22.2. The van der Waals surface area contributed by atoms with Crippen LogP contribution in [0.2, 0.25) is 5.02 Å². The first kappa shape index (κ1) is 81.1. The molecule has 570 valence electrons. The van der Waals surface area contributed by atoms with E-state index in [4.69, 9.17) is 11.6 Å². The van der Waals surface area contributed by atoms with Crippen LogP contribution in [0.15, 0.2) is 147 Å². The van der Waals surface area contributed by atoms with Crippen molar-refractivity contribution in [1.82, 2.24) is 39.9 Å². The number of nitrogens with one attached hydrogen (secondary N) is 4. The van der Waals surface area contributed by atoms with Crippen molar-refractivity contribution < 1.29 is 49.5 Å². The quantitative estimate of drug-likeness (QED) is 0.0196. The molecule has 1 aliphatic carbocycles. The van der Waals surface area contributed by atoms with E-state index in [1.165, 1.54) is 40.6 Å². The summed E-state index contributed by atoms with van der Waals surface area (Å²) in [7, 11) is -11.0. The number of aryl methyl sites for hydroxylation is 1. The van der Waals surface area contributed by atoms with Crippen LogP contribution in [0.5, 0.6) is 0 Å². The average Bonchev–Trinajstić information content (AvgIpc) is 1.32. The maximum absolute atomic E-state index is 14.6. The lowest BCUT2D eigenvalue weighted by Crippen LogP contribution is -2.56. The van der Waals surface area contributed by atoms with Crippen LogP contribution in [0.3, 0.4) is 0 Å². The van der Waals surface area contributed by atoms with Crippen molar-refractivity contribution in [1.29, 1.82) is 0 Å². The lowest BCUT2D eigenvalue weighted by molar-refractivity contribution is -0.142. The summed E-state index contributed by atoms with van der Waals surface area (Å²) in [6.45, 7) is 24.0. The van der Waals surface area contributed by atoms with Crippen LogP contribution in [0.4, 0.5) is 24.5 Å². The van der Waals surface area contributed by atoms with Gasteiger partial charge in [-0.15, -0.1) is 23.1 Å². The Morgan fingerprint density at radius 3 is 2.04 bits per heavy atom. The van der Waals surface area contributed by atoms with E-state index in [0.29, 0.717) is 36.4 Å². The number of likely N-dealkylation sites (tertiary alicyclic amines) is 1. The Bertz CT molecular complexity index is 4150. The first-order chi connectivity index (χ1) is 49.9. The number of carbonyl (C=O) groups is 3. The van der Waals surface area contributed by atoms with Crippen molar-refractivity contribution in [3.8, 4) is 10.4 Å². The summed E-state index contributed by atoms with van der Waals surface area (Å²) in [5.41, 5.74) is 3.24. The standard InChI is InChI=1S/C79H104ClF3N10O8S4/c1-55(57-20-22-59(23-21-57)72-56(2)85-54-103-72)86-75(96)70-48-65(94)52-93(70)76(97)73(77(3,4)5)84-37-16-11-9-8-10-12-17-38-89-40-42-90(43-41-89)39-35-63(53-102-66-18-14-13-15-19-66)87-69-33-32-67(49-71(69)104(98,99)79(81,82)83)105(100,101)88-74(95)60-26-30-64(31-27-60)92-46-44-91(45-47-92)51-61-50-78(6,7)36-34-68(61)58-24-28-62(80)29-25-58/h13-15,18-33,49,54-55,63,65,70,73,84,87,94H,8-12,16-17,34-48,50-53H2,1-7H3,(H,86,96)(H,88,95)/t55-,63+,65+,70-,73+/m0/s1. The monoisotopic (exact) mass is 1540 g/mol. The number of alkyl halides is 3. The number of benzene rings is 5. The van der Waals surface area contributed by atoms with Crippen molar-refractivity contribution in [2.75, 3.05) is 101 Å². The first-order valence-electron chi connectivity index (χ1n) is 36.9. The molecule has 0 radical (unpaired) electrons. The van der Waals surface area contributed by atoms with E-state index in [2.05, 4.69) is 66.5 Å². The van der Waals surface area contributed by atoms with Gasteiger partial charge in [0.05, 0.1) is 44.9 Å². The van der Waals surface area contributed by atoms with Gasteiger partial charge in [-0.2, -0.15) is 13.2 Å². The summed E-state index contributed by atoms with van der Waals surface area (Å²) in [5.74, 6) is -1.15. The second-order valence-electron chi connectivity index (χ2n) is 30.5. The Kier molecular flexibility index (Phi) is 28.0. The van der Waals surface area contributed by atoms with Gasteiger partial charge in [-0.25, -0.2) is 26.5 Å². The van der Waals surface area contributed by atoms with E-state index in [0.717, 1.165) is 174 Å². The highest BCUT2D eigenvalue weighted by Crippen LogP contribution is 2.44. The largest absolute Gasteiger partial charge is 0.501 e. The Morgan fingerprint density at radius 2 is 1.40 bits per heavy atom. The fourth-order valence-corrected chi connectivity index (χ4v) is 18.6. The number of aliphatic hydroxyl groups is 1. The van der Waals surface area contributed by atoms with E-state index in [-0.39, 0.29) is 41.8 Å². The van der Waals surface area contributed by atoms with E-state index in [9.17, 15) is 49.5 Å². The predicted octanol–water partition coefficient (Wildman–Crippen LogP) is 14.1. The number of aliphatic hydroxyl groups excluding tert-OH is 1. The number of nitrogens with zero attached hydrogens (tertiary/aromatic N) is 6. The van der Waals surface area contributed by atoms with Crippen LogP contribution in [0.25, 0.3) is 16.0 Å². The number of sulfonamides is 1. The molecule has 0 spiro atoms. The molecule has 3 fully saturated rings. The number of piperazine rings is 2. The summed E-state index contributed by atoms with van der Waals surface area (Å²) in [6, 6.07) is 32.3. The third-order valence-corrected chi connectivity index (χ3v) is 26.1. The molecule has 5 aromatic carbocycles. The molecule has 6 aromatic rings. The molecule has 18 nitrogen and oxygen atoms in total. The number of β-amino-alcohol motifs (C(OH)–C–C–N with tert-alkyl or cyclic N) is 1. The molecule has 105 heavy (non-hydrogen) atoms. The molecule has 4 aliphatic rings. The van der Waals surface area contributed by atoms with Gasteiger partial charge in [0.15, 0.2) is 0 Å². The van der Waals surface area contributed by atoms with Gasteiger partial charge in [0.2, 0.25) is 11.8 Å². The van der Waals surface area contributed by atoms with Crippen LogP contribution in [0.1, 0.15) is 152 Å². The SMILES string of the molecule is Cc1ncsc1-c1ccc([C@H](C)NC(=O)[C@@H]2C[C@@H](O)CN2C(=O)[C@@H](NCCCCCCCCCN2CCN(CC[C@H](CSc3ccccc3)Nc3ccc(S(=O)(=O)NC(=O)c4ccc(N5CCN(CC6=C(c7ccc(Cl)cc7)CCC(C)(C)C6)CC5)cc4)cc3S(=O)(=O)C(F)(F)F)CC2)C(C)(C)C)cc1. The highest BCUT2D eigenvalue weighted by atomic mass is 35.5. The number of thioether (sulfide) groups is 1. The lowest BCUT2D eigenvalue weighted by atomic mass is 9.73. The van der Waals surface area contributed by atoms with Crippen LogP contribution in [-0.4, -0.2) is 185 Å². The lowest BCUT2D eigenvalue weighted by Gasteiger charge is -2.39. The van der Waals surface area contributed by atoms with Gasteiger partial charge in [0.1, 0.15) is 10.9 Å². The van der Waals surface area contributed by atoms with Gasteiger partial charge in [-0.3, -0.25) is 19.3 Å². The second-order valence-corrected chi connectivity index (χ2v) is 36.4. The summed E-state index contributed by atoms with van der Waals surface area (Å²) in [5, 5.41) is 21.2. The minimum Gasteiger partial charge on any atom is -0.391 e. The Hall–Kier alpha value is -6.39. The van der Waals surface area contributed by atoms with Crippen LogP contribution >= 0.6 is 34.7 Å². The number of allylic oxidation sites excluding steroid dienone is 1. The van der Waals surface area contributed by atoms with Gasteiger partial charge < -0.3 is 40.7 Å². The molecule has 0 bridgehead atoms.